The summed E-state index contributed by atoms with van der Waals surface area (Å²) in [5, 5.41) is 36.5. The molecule has 6 rings (SSSR count). The van der Waals surface area contributed by atoms with Gasteiger partial charge in [-0.3, -0.25) is 14.4 Å². The van der Waals surface area contributed by atoms with Gasteiger partial charge in [-0.25, -0.2) is 15.0 Å². The number of phenols is 1. The molecule has 0 radical (unpaired) electrons. The Morgan fingerprint density at radius 1 is 0.920 bits per heavy atom. The van der Waals surface area contributed by atoms with Crippen molar-refractivity contribution >= 4 is 41.0 Å². The SMILES string of the molecule is CNc1cccc(COC(=O)NN(C(=O)OCc2ccccc2)c2ccc(O)c3c2CC2CC4CC(O)=C(C(N)=O)C(=O)C4C(O)=C2C3=O)c1. The number of rotatable bonds is 7. The molecule has 3 aromatic carbocycles. The number of hydrazine groups is 1. The first-order valence-electron chi connectivity index (χ1n) is 15.8. The highest BCUT2D eigenvalue weighted by molar-refractivity contribution is 6.22. The molecule has 0 heterocycles. The van der Waals surface area contributed by atoms with Gasteiger partial charge in [0.05, 0.1) is 17.2 Å². The molecule has 3 amide bonds. The monoisotopic (exact) mass is 682 g/mol. The molecule has 0 spiro atoms. The van der Waals surface area contributed by atoms with Gasteiger partial charge in [-0.05, 0) is 65.6 Å². The Bertz CT molecular complexity index is 1970. The van der Waals surface area contributed by atoms with Gasteiger partial charge in [-0.1, -0.05) is 42.5 Å². The van der Waals surface area contributed by atoms with Gasteiger partial charge in [-0.15, -0.1) is 0 Å². The minimum absolute atomic E-state index is 0.00233. The van der Waals surface area contributed by atoms with Crippen LogP contribution >= 0.6 is 0 Å². The number of nitrogens with two attached hydrogens (primary N) is 1. The summed E-state index contributed by atoms with van der Waals surface area (Å²) in [6.45, 7) is -0.302. The Hall–Kier alpha value is -6.31. The van der Waals surface area contributed by atoms with Crippen molar-refractivity contribution in [3.63, 3.8) is 0 Å². The third-order valence-electron chi connectivity index (χ3n) is 9.16. The Morgan fingerprint density at radius 3 is 2.36 bits per heavy atom. The second-order valence-electron chi connectivity index (χ2n) is 12.2. The lowest BCUT2D eigenvalue weighted by Crippen LogP contribution is -2.48. The molecule has 3 aromatic rings. The fourth-order valence-corrected chi connectivity index (χ4v) is 6.91. The number of primary amides is 1. The van der Waals surface area contributed by atoms with E-state index in [0.29, 0.717) is 11.1 Å². The average Bonchev–Trinajstić information content (AvgIpc) is 3.09. The molecule has 3 atom stereocenters. The van der Waals surface area contributed by atoms with E-state index in [1.807, 2.05) is 6.07 Å². The first-order chi connectivity index (χ1) is 24.0. The Kier molecular flexibility index (Phi) is 9.18. The third kappa shape index (κ3) is 6.30. The van der Waals surface area contributed by atoms with Crippen molar-refractivity contribution in [1.82, 2.24) is 5.43 Å². The Balaban J connectivity index is 1.34. The van der Waals surface area contributed by atoms with E-state index in [9.17, 15) is 39.3 Å². The number of carbonyl (C=O) groups is 5. The number of carbonyl (C=O) groups excluding carboxylic acids is 5. The van der Waals surface area contributed by atoms with Crippen molar-refractivity contribution in [2.75, 3.05) is 17.4 Å². The maximum absolute atomic E-state index is 14.0. The van der Waals surface area contributed by atoms with Gasteiger partial charge < -0.3 is 35.8 Å². The minimum atomic E-state index is -1.29. The Labute approximate surface area is 285 Å². The molecule has 0 saturated carbocycles. The maximum atomic E-state index is 14.0. The van der Waals surface area contributed by atoms with E-state index >= 15 is 0 Å². The lowest BCUT2D eigenvalue weighted by atomic mass is 9.62. The van der Waals surface area contributed by atoms with Crippen LogP contribution in [0.3, 0.4) is 0 Å². The second-order valence-corrected chi connectivity index (χ2v) is 12.2. The molecule has 14 nitrogen and oxygen atoms in total. The third-order valence-corrected chi connectivity index (χ3v) is 9.16. The summed E-state index contributed by atoms with van der Waals surface area (Å²) in [4.78, 5) is 66.0. The Morgan fingerprint density at radius 2 is 1.64 bits per heavy atom. The van der Waals surface area contributed by atoms with Crippen LogP contribution in [-0.2, 0) is 38.7 Å². The number of Topliss-reactive ketones (excluding diaryl/α,β-unsaturated/α-hetero) is 2. The van der Waals surface area contributed by atoms with E-state index in [-0.39, 0.29) is 54.9 Å². The lowest BCUT2D eigenvalue weighted by molar-refractivity contribution is -0.126. The maximum Gasteiger partial charge on any atom is 0.433 e. The highest BCUT2D eigenvalue weighted by Gasteiger charge is 2.50. The normalized spacial score (nSPS) is 19.5. The molecule has 0 saturated heterocycles. The summed E-state index contributed by atoms with van der Waals surface area (Å²) in [6, 6.07) is 18.4. The number of amides is 3. The molecule has 0 aliphatic heterocycles. The number of ketones is 2. The van der Waals surface area contributed by atoms with Gasteiger partial charge in [-0.2, -0.15) is 5.01 Å². The summed E-state index contributed by atoms with van der Waals surface area (Å²) in [5.74, 6) is -7.04. The number of fused-ring (bicyclic) bond motifs is 3. The van der Waals surface area contributed by atoms with Crippen molar-refractivity contribution in [1.29, 1.82) is 0 Å². The van der Waals surface area contributed by atoms with E-state index < -0.39 is 70.3 Å². The van der Waals surface area contributed by atoms with Crippen LogP contribution in [0, 0.1) is 17.8 Å². The van der Waals surface area contributed by atoms with Gasteiger partial charge in [0.1, 0.15) is 36.1 Å². The molecule has 3 aliphatic rings. The minimum Gasteiger partial charge on any atom is -0.511 e. The van der Waals surface area contributed by atoms with Crippen molar-refractivity contribution in [3.05, 3.63) is 112 Å². The van der Waals surface area contributed by atoms with Crippen molar-refractivity contribution in [2.45, 2.75) is 32.5 Å². The molecular formula is C36H34N4O10. The number of benzene rings is 3. The molecule has 258 valence electrons. The number of allylic oxidation sites excluding steroid dienone is 3. The fraction of sp³-hybridized carbons (Fsp3) is 0.250. The van der Waals surface area contributed by atoms with Crippen LogP contribution in [0.4, 0.5) is 21.0 Å². The van der Waals surface area contributed by atoms with E-state index in [1.165, 1.54) is 6.07 Å². The molecular weight excluding hydrogens is 648 g/mol. The largest absolute Gasteiger partial charge is 0.511 e. The van der Waals surface area contributed by atoms with Crippen LogP contribution in [0.5, 0.6) is 5.75 Å². The van der Waals surface area contributed by atoms with E-state index in [2.05, 4.69) is 10.7 Å². The zero-order valence-electron chi connectivity index (χ0n) is 26.8. The zero-order chi connectivity index (χ0) is 35.7. The summed E-state index contributed by atoms with van der Waals surface area (Å²) >= 11 is 0. The van der Waals surface area contributed by atoms with Gasteiger partial charge in [0.25, 0.3) is 5.91 Å². The van der Waals surface area contributed by atoms with Crippen LogP contribution in [-0.4, -0.2) is 52.0 Å². The first-order valence-corrected chi connectivity index (χ1v) is 15.8. The fourth-order valence-electron chi connectivity index (χ4n) is 6.91. The van der Waals surface area contributed by atoms with Crippen molar-refractivity contribution in [3.8, 4) is 5.75 Å². The van der Waals surface area contributed by atoms with Crippen LogP contribution in [0.15, 0.2) is 89.4 Å². The molecule has 0 fully saturated rings. The van der Waals surface area contributed by atoms with Gasteiger partial charge in [0.15, 0.2) is 11.6 Å². The standard InChI is InChI=1S/C36H34N4O10/c1-38-22-9-5-8-19(12-22)17-49-35(47)39-40(36(48)50-16-18-6-3-2-4-7-18)24-10-11-25(41)29-23(24)14-20-13-21-15-26(42)30(34(37)46)33(45)28(21)31(43)27(20)32(29)44/h2-12,20-21,28,38,41-43H,13-17H2,1H3,(H2,37,46)(H,39,47). The molecule has 0 aromatic heterocycles. The number of nitrogens with one attached hydrogen (secondary N) is 2. The quantitative estimate of drug-likeness (QED) is 0.151. The van der Waals surface area contributed by atoms with E-state index in [4.69, 9.17) is 15.2 Å². The van der Waals surface area contributed by atoms with Crippen LogP contribution < -0.4 is 21.5 Å². The second kappa shape index (κ2) is 13.7. The number of aromatic hydroxyl groups is 1. The number of phenolic OH excluding ortho intramolecular Hbond substituents is 1. The summed E-state index contributed by atoms with van der Waals surface area (Å²) in [5.41, 5.74) is 9.00. The molecule has 50 heavy (non-hydrogen) atoms. The molecule has 3 aliphatic carbocycles. The van der Waals surface area contributed by atoms with Crippen molar-refractivity contribution in [2.24, 2.45) is 23.5 Å². The zero-order valence-corrected chi connectivity index (χ0v) is 26.8. The molecule has 14 heteroatoms. The van der Waals surface area contributed by atoms with Crippen LogP contribution in [0.2, 0.25) is 0 Å². The number of aliphatic hydroxyl groups excluding tert-OH is 2. The lowest BCUT2D eigenvalue weighted by Gasteiger charge is -2.41. The molecule has 7 N–H and O–H groups in total. The van der Waals surface area contributed by atoms with Gasteiger partial charge in [0, 0.05) is 24.7 Å². The number of aliphatic hydroxyl groups is 2. The number of nitrogens with zero attached hydrogens (tertiary/aromatic N) is 1. The predicted molar refractivity (Wildman–Crippen MR) is 178 cm³/mol. The highest BCUT2D eigenvalue weighted by Crippen LogP contribution is 2.50. The van der Waals surface area contributed by atoms with E-state index in [0.717, 1.165) is 16.8 Å². The van der Waals surface area contributed by atoms with E-state index in [1.54, 1.807) is 55.6 Å². The van der Waals surface area contributed by atoms with Crippen molar-refractivity contribution < 1.29 is 48.8 Å². The predicted octanol–water partition coefficient (Wildman–Crippen LogP) is 4.49. The summed E-state index contributed by atoms with van der Waals surface area (Å²) in [7, 11) is 1.75. The smallest absolute Gasteiger partial charge is 0.433 e. The molecule has 3 unspecified atom stereocenters. The number of hydrogen-bond donors (Lipinski definition) is 6. The number of anilines is 2. The topological polar surface area (TPSA) is 218 Å². The van der Waals surface area contributed by atoms with Gasteiger partial charge in [0.2, 0.25) is 0 Å². The average molecular weight is 683 g/mol. The van der Waals surface area contributed by atoms with Gasteiger partial charge >= 0.3 is 12.2 Å². The number of hydrogen-bond acceptors (Lipinski definition) is 11. The first kappa shape index (κ1) is 33.6. The van der Waals surface area contributed by atoms with Crippen LogP contribution in [0.25, 0.3) is 0 Å². The number of ether oxygens (including phenoxy) is 2. The van der Waals surface area contributed by atoms with Crippen LogP contribution in [0.1, 0.15) is 39.9 Å². The summed E-state index contributed by atoms with van der Waals surface area (Å²) in [6.07, 6.45) is -2.08. The summed E-state index contributed by atoms with van der Waals surface area (Å²) < 4.78 is 10.9. The molecule has 0 bridgehead atoms. The highest BCUT2D eigenvalue weighted by atomic mass is 16.6.